The number of nitrogens with two attached hydrogens (primary N) is 1. The number of amides is 4. The average Bonchev–Trinajstić information content (AvgIpc) is 3.13. The minimum atomic E-state index is -1.01. The molecule has 0 spiro atoms. The lowest BCUT2D eigenvalue weighted by Crippen LogP contribution is -2.59. The number of aromatic hydroxyl groups is 1. The molecule has 5 N–H and O–H groups in total. The average molecular weight is 869 g/mol. The molecule has 51 heavy (non-hydrogen) atoms. The Morgan fingerprint density at radius 2 is 1.35 bits per heavy atom. The van der Waals surface area contributed by atoms with Crippen LogP contribution in [-0.4, -0.2) is 109 Å². The van der Waals surface area contributed by atoms with Crippen LogP contribution in [0.1, 0.15) is 24.8 Å². The van der Waals surface area contributed by atoms with E-state index >= 15 is 0 Å². The lowest BCUT2D eigenvalue weighted by atomic mass is 10.0. The summed E-state index contributed by atoms with van der Waals surface area (Å²) in [5.74, 6) is -0.609. The van der Waals surface area contributed by atoms with Crippen molar-refractivity contribution in [3.63, 3.8) is 0 Å². The molecule has 2 aliphatic heterocycles. The van der Waals surface area contributed by atoms with E-state index in [-0.39, 0.29) is 18.1 Å². The first-order chi connectivity index (χ1) is 24.5. The molecule has 2 fully saturated rings. The molecule has 3 aromatic rings. The van der Waals surface area contributed by atoms with E-state index in [1.807, 2.05) is 24.3 Å². The molecule has 0 saturated carbocycles. The molecular formula is C35H42Br2Cl2N8O4. The third kappa shape index (κ3) is 10.6. The van der Waals surface area contributed by atoms with Crippen molar-refractivity contribution in [1.29, 1.82) is 0 Å². The molecule has 2 saturated heterocycles. The normalized spacial score (nSPS) is 16.1. The maximum absolute atomic E-state index is 14.1. The van der Waals surface area contributed by atoms with E-state index in [1.165, 1.54) is 0 Å². The number of halogens is 4. The van der Waals surface area contributed by atoms with Gasteiger partial charge in [-0.15, -0.1) is 0 Å². The molecule has 0 bridgehead atoms. The van der Waals surface area contributed by atoms with Crippen molar-refractivity contribution in [3.8, 4) is 5.75 Å². The third-order valence-corrected chi connectivity index (χ3v) is 10.7. The highest BCUT2D eigenvalue weighted by Crippen LogP contribution is 2.34. The molecule has 2 aromatic carbocycles. The number of hydrogen-bond donors (Lipinski definition) is 4. The predicted molar refractivity (Wildman–Crippen MR) is 208 cm³/mol. The number of hydrogen-bond acceptors (Lipinski definition) is 8. The van der Waals surface area contributed by atoms with Gasteiger partial charge in [0.25, 0.3) is 0 Å². The molecule has 0 aliphatic carbocycles. The van der Waals surface area contributed by atoms with Crippen molar-refractivity contribution in [2.75, 3.05) is 68.7 Å². The Morgan fingerprint density at radius 1 is 0.784 bits per heavy atom. The topological polar surface area (TPSA) is 147 Å². The summed E-state index contributed by atoms with van der Waals surface area (Å²) in [6.45, 7) is 4.70. The van der Waals surface area contributed by atoms with Crippen molar-refractivity contribution in [3.05, 3.63) is 79.4 Å². The van der Waals surface area contributed by atoms with Crippen LogP contribution in [-0.2, 0) is 16.0 Å². The largest absolute Gasteiger partial charge is 0.506 e. The third-order valence-electron chi connectivity index (χ3n) is 9.09. The number of nitrogens with zero attached hydrogens (tertiary/aromatic N) is 5. The number of carbonyl (C=O) groups excluding carboxylic acids is 3. The zero-order valence-electron chi connectivity index (χ0n) is 28.0. The van der Waals surface area contributed by atoms with Gasteiger partial charge in [0, 0.05) is 92.6 Å². The number of urea groups is 1. The second kappa shape index (κ2) is 18.5. The van der Waals surface area contributed by atoms with Crippen LogP contribution in [0.3, 0.4) is 0 Å². The fourth-order valence-corrected chi connectivity index (χ4v) is 8.09. The van der Waals surface area contributed by atoms with E-state index < -0.39 is 24.0 Å². The number of anilines is 2. The summed E-state index contributed by atoms with van der Waals surface area (Å²) in [4.78, 5) is 53.6. The number of phenolic OH excluding ortho intramolecular Hbond substituents is 1. The standard InChI is InChI=1S/C35H42Br2Cl2N8O4/c36-28-17-23(18-29(37)32(28)48)19-31(43-35(51)47-15-11-45(12-16-47)27-21-24(38)20-25(39)22-27)33(49)42-30(3-1-2-6-40)34(50)46-13-9-44(10-14-46)26-4-7-41-8-5-26/h4-5,7-8,17-18,20-22,30-31,48H,1-3,6,9-16,19,40H2,(H,42,49)(H,43,51)/t30-,31+/m0/s1. The molecule has 4 amide bonds. The number of piperazine rings is 2. The van der Waals surface area contributed by atoms with E-state index in [4.69, 9.17) is 28.9 Å². The van der Waals surface area contributed by atoms with Gasteiger partial charge in [0.2, 0.25) is 11.8 Å². The minimum Gasteiger partial charge on any atom is -0.506 e. The van der Waals surface area contributed by atoms with Gasteiger partial charge in [0.15, 0.2) is 0 Å². The summed E-state index contributed by atoms with van der Waals surface area (Å²) >= 11 is 19.2. The number of nitrogens with one attached hydrogen (secondary N) is 2. The van der Waals surface area contributed by atoms with Crippen LogP contribution < -0.4 is 26.2 Å². The van der Waals surface area contributed by atoms with Crippen molar-refractivity contribution in [2.24, 2.45) is 5.73 Å². The Balaban J connectivity index is 1.28. The second-order valence-electron chi connectivity index (χ2n) is 12.6. The molecule has 5 rings (SSSR count). The maximum Gasteiger partial charge on any atom is 0.318 e. The van der Waals surface area contributed by atoms with Gasteiger partial charge < -0.3 is 41.1 Å². The number of benzene rings is 2. The van der Waals surface area contributed by atoms with Gasteiger partial charge in [0.05, 0.1) is 8.95 Å². The second-order valence-corrected chi connectivity index (χ2v) is 15.2. The fraction of sp³-hybridized carbons (Fsp3) is 0.429. The smallest absolute Gasteiger partial charge is 0.318 e. The van der Waals surface area contributed by atoms with Crippen LogP contribution in [0.25, 0.3) is 0 Å². The fourth-order valence-electron chi connectivity index (χ4n) is 6.29. The summed E-state index contributed by atoms with van der Waals surface area (Å²) in [5.41, 5.74) is 8.38. The Morgan fingerprint density at radius 3 is 1.94 bits per heavy atom. The first kappa shape index (κ1) is 38.9. The molecule has 12 nitrogen and oxygen atoms in total. The molecule has 1 aromatic heterocycles. The minimum absolute atomic E-state index is 0.0252. The Labute approximate surface area is 324 Å². The zero-order valence-corrected chi connectivity index (χ0v) is 32.7. The Kier molecular flexibility index (Phi) is 14.1. The molecule has 2 aliphatic rings. The quantitative estimate of drug-likeness (QED) is 0.186. The highest BCUT2D eigenvalue weighted by Gasteiger charge is 2.33. The first-order valence-corrected chi connectivity index (χ1v) is 19.2. The lowest BCUT2D eigenvalue weighted by molar-refractivity contribution is -0.137. The highest BCUT2D eigenvalue weighted by molar-refractivity contribution is 9.11. The van der Waals surface area contributed by atoms with E-state index in [0.29, 0.717) is 103 Å². The molecule has 0 unspecified atom stereocenters. The van der Waals surface area contributed by atoms with Gasteiger partial charge in [-0.25, -0.2) is 4.79 Å². The van der Waals surface area contributed by atoms with Gasteiger partial charge in [-0.3, -0.25) is 14.6 Å². The molecule has 0 radical (unpaired) electrons. The van der Waals surface area contributed by atoms with Crippen molar-refractivity contribution in [1.82, 2.24) is 25.4 Å². The summed E-state index contributed by atoms with van der Waals surface area (Å²) < 4.78 is 0.880. The Hall–Kier alpha value is -3.30. The van der Waals surface area contributed by atoms with Gasteiger partial charge in [-0.1, -0.05) is 23.2 Å². The molecule has 2 atom stereocenters. The Bertz CT molecular complexity index is 1630. The number of carbonyl (C=O) groups is 3. The van der Waals surface area contributed by atoms with E-state index in [1.54, 1.807) is 40.4 Å². The number of phenols is 1. The number of unbranched alkanes of at least 4 members (excludes halogenated alkanes) is 1. The van der Waals surface area contributed by atoms with Crippen LogP contribution in [0.15, 0.2) is 63.8 Å². The SMILES string of the molecule is NCCCC[C@H](NC(=O)[C@@H](Cc1cc(Br)c(O)c(Br)c1)NC(=O)N1CCN(c2cc(Cl)cc(Cl)c2)CC1)C(=O)N1CCN(c2ccncc2)CC1. The summed E-state index contributed by atoms with van der Waals surface area (Å²) in [6, 6.07) is 10.4. The monoisotopic (exact) mass is 866 g/mol. The first-order valence-electron chi connectivity index (χ1n) is 16.9. The number of pyridine rings is 1. The van der Waals surface area contributed by atoms with Crippen LogP contribution in [0.2, 0.25) is 10.0 Å². The van der Waals surface area contributed by atoms with Gasteiger partial charge >= 0.3 is 6.03 Å². The predicted octanol–water partition coefficient (Wildman–Crippen LogP) is 5.02. The molecule has 3 heterocycles. The van der Waals surface area contributed by atoms with Crippen LogP contribution in [0.5, 0.6) is 5.75 Å². The maximum atomic E-state index is 14.1. The zero-order chi connectivity index (χ0) is 36.5. The van der Waals surface area contributed by atoms with E-state index in [2.05, 4.69) is 57.3 Å². The van der Waals surface area contributed by atoms with Gasteiger partial charge in [-0.2, -0.15) is 0 Å². The molecule has 16 heteroatoms. The lowest BCUT2D eigenvalue weighted by Gasteiger charge is -2.38. The van der Waals surface area contributed by atoms with Crippen LogP contribution in [0.4, 0.5) is 16.2 Å². The van der Waals surface area contributed by atoms with Crippen LogP contribution >= 0.6 is 55.1 Å². The van der Waals surface area contributed by atoms with E-state index in [9.17, 15) is 19.5 Å². The molecule has 274 valence electrons. The molecular weight excluding hydrogens is 827 g/mol. The van der Waals surface area contributed by atoms with Gasteiger partial charge in [0.1, 0.15) is 17.8 Å². The number of rotatable bonds is 12. The van der Waals surface area contributed by atoms with Crippen molar-refractivity contribution < 1.29 is 19.5 Å². The highest BCUT2D eigenvalue weighted by atomic mass is 79.9. The summed E-state index contributed by atoms with van der Waals surface area (Å²) in [7, 11) is 0. The van der Waals surface area contributed by atoms with Crippen molar-refractivity contribution in [2.45, 2.75) is 37.8 Å². The number of aromatic nitrogens is 1. The van der Waals surface area contributed by atoms with Gasteiger partial charge in [-0.05, 0) is 106 Å². The summed E-state index contributed by atoms with van der Waals surface area (Å²) in [6.07, 6.45) is 5.39. The van der Waals surface area contributed by atoms with E-state index in [0.717, 1.165) is 11.4 Å². The summed E-state index contributed by atoms with van der Waals surface area (Å²) in [5, 5.41) is 17.3. The van der Waals surface area contributed by atoms with Crippen molar-refractivity contribution >= 4 is 84.3 Å². The van der Waals surface area contributed by atoms with Crippen LogP contribution in [0, 0.1) is 0 Å².